The first-order valence-electron chi connectivity index (χ1n) is 5.91. The van der Waals surface area contributed by atoms with E-state index in [4.69, 9.17) is 5.73 Å². The highest BCUT2D eigenvalue weighted by atomic mass is 16.3. The summed E-state index contributed by atoms with van der Waals surface area (Å²) in [7, 11) is 1.86. The highest BCUT2D eigenvalue weighted by molar-refractivity contribution is 5.21. The van der Waals surface area contributed by atoms with Crippen molar-refractivity contribution < 1.29 is 5.11 Å². The van der Waals surface area contributed by atoms with E-state index in [9.17, 15) is 5.11 Å². The van der Waals surface area contributed by atoms with E-state index in [1.54, 1.807) is 4.68 Å². The molecule has 2 unspecified atom stereocenters. The molecule has 0 fully saturated rings. The summed E-state index contributed by atoms with van der Waals surface area (Å²) < 4.78 is 1.74. The third-order valence-electron chi connectivity index (χ3n) is 2.74. The number of nitrogens with zero attached hydrogens (tertiary/aromatic N) is 2. The third-order valence-corrected chi connectivity index (χ3v) is 2.74. The predicted octanol–water partition coefficient (Wildman–Crippen LogP) is 1.39. The first-order valence-corrected chi connectivity index (χ1v) is 5.91. The van der Waals surface area contributed by atoms with E-state index in [2.05, 4.69) is 18.9 Å². The Morgan fingerprint density at radius 2 is 2.12 bits per heavy atom. The van der Waals surface area contributed by atoms with Gasteiger partial charge in [0.2, 0.25) is 0 Å². The van der Waals surface area contributed by atoms with Crippen molar-refractivity contribution in [2.24, 2.45) is 18.7 Å². The number of aliphatic hydroxyl groups excluding tert-OH is 1. The summed E-state index contributed by atoms with van der Waals surface area (Å²) in [6, 6.07) is -0.213. The number of hydrogen-bond acceptors (Lipinski definition) is 3. The van der Waals surface area contributed by atoms with Gasteiger partial charge in [0.1, 0.15) is 0 Å². The Hall–Kier alpha value is -0.870. The van der Waals surface area contributed by atoms with E-state index in [0.717, 1.165) is 24.1 Å². The van der Waals surface area contributed by atoms with Gasteiger partial charge in [-0.2, -0.15) is 5.10 Å². The van der Waals surface area contributed by atoms with E-state index in [-0.39, 0.29) is 6.04 Å². The van der Waals surface area contributed by atoms with E-state index in [1.165, 1.54) is 0 Å². The van der Waals surface area contributed by atoms with Gasteiger partial charge in [0.25, 0.3) is 0 Å². The normalized spacial score (nSPS) is 15.4. The fourth-order valence-electron chi connectivity index (χ4n) is 1.98. The van der Waals surface area contributed by atoms with Crippen molar-refractivity contribution in [1.29, 1.82) is 0 Å². The van der Waals surface area contributed by atoms with Gasteiger partial charge in [-0.1, -0.05) is 20.8 Å². The van der Waals surface area contributed by atoms with Crippen molar-refractivity contribution in [1.82, 2.24) is 9.78 Å². The fourth-order valence-corrected chi connectivity index (χ4v) is 1.98. The second kappa shape index (κ2) is 5.46. The van der Waals surface area contributed by atoms with Crippen LogP contribution in [0.4, 0.5) is 0 Å². The Balaban J connectivity index is 2.82. The number of aryl methyl sites for hydroxylation is 2. The molecule has 0 saturated carbocycles. The summed E-state index contributed by atoms with van der Waals surface area (Å²) in [5.74, 6) is 0.492. The Bertz CT molecular complexity index is 333. The highest BCUT2D eigenvalue weighted by Crippen LogP contribution is 2.22. The summed E-state index contributed by atoms with van der Waals surface area (Å²) in [5.41, 5.74) is 7.81. The number of aromatic nitrogens is 2. The minimum Gasteiger partial charge on any atom is -0.387 e. The van der Waals surface area contributed by atoms with Crippen molar-refractivity contribution >= 4 is 0 Å². The lowest BCUT2D eigenvalue weighted by Crippen LogP contribution is -2.30. The van der Waals surface area contributed by atoms with Crippen LogP contribution in [0.15, 0.2) is 6.20 Å². The maximum absolute atomic E-state index is 10.2. The summed E-state index contributed by atoms with van der Waals surface area (Å²) in [5, 5.41) is 14.5. The van der Waals surface area contributed by atoms with Gasteiger partial charge in [0, 0.05) is 24.8 Å². The van der Waals surface area contributed by atoms with Gasteiger partial charge in [0.05, 0.1) is 11.8 Å². The molecule has 0 saturated heterocycles. The predicted molar refractivity (Wildman–Crippen MR) is 65.0 cm³/mol. The van der Waals surface area contributed by atoms with Crippen molar-refractivity contribution in [2.75, 3.05) is 0 Å². The van der Waals surface area contributed by atoms with E-state index < -0.39 is 6.10 Å². The first kappa shape index (κ1) is 13.2. The second-order valence-electron chi connectivity index (χ2n) is 4.80. The topological polar surface area (TPSA) is 64.1 Å². The van der Waals surface area contributed by atoms with Gasteiger partial charge < -0.3 is 10.8 Å². The lowest BCUT2D eigenvalue weighted by Gasteiger charge is -2.20. The molecule has 2 atom stereocenters. The average Bonchev–Trinajstić information content (AvgIpc) is 2.57. The Labute approximate surface area is 97.5 Å². The largest absolute Gasteiger partial charge is 0.387 e. The van der Waals surface area contributed by atoms with Crippen molar-refractivity contribution in [3.63, 3.8) is 0 Å². The zero-order chi connectivity index (χ0) is 12.3. The lowest BCUT2D eigenvalue weighted by molar-refractivity contribution is 0.135. The van der Waals surface area contributed by atoms with E-state index >= 15 is 0 Å². The molecule has 0 spiro atoms. The van der Waals surface area contributed by atoms with Crippen LogP contribution in [0.1, 0.15) is 44.6 Å². The Morgan fingerprint density at radius 3 is 2.62 bits per heavy atom. The zero-order valence-corrected chi connectivity index (χ0v) is 10.6. The van der Waals surface area contributed by atoms with Crippen LogP contribution in [0.5, 0.6) is 0 Å². The van der Waals surface area contributed by atoms with Crippen LogP contribution < -0.4 is 5.73 Å². The van der Waals surface area contributed by atoms with Crippen LogP contribution in [0.2, 0.25) is 0 Å². The molecule has 92 valence electrons. The molecule has 0 bridgehead atoms. The van der Waals surface area contributed by atoms with E-state index in [1.807, 2.05) is 20.2 Å². The average molecular weight is 225 g/mol. The zero-order valence-electron chi connectivity index (χ0n) is 10.6. The summed E-state index contributed by atoms with van der Waals surface area (Å²) >= 11 is 0. The summed E-state index contributed by atoms with van der Waals surface area (Å²) in [6.07, 6.45) is 2.90. The minimum absolute atomic E-state index is 0.213. The number of aliphatic hydroxyl groups is 1. The van der Waals surface area contributed by atoms with E-state index in [0.29, 0.717) is 5.92 Å². The van der Waals surface area contributed by atoms with Gasteiger partial charge in [-0.15, -0.1) is 0 Å². The molecule has 16 heavy (non-hydrogen) atoms. The molecule has 1 aromatic heterocycles. The van der Waals surface area contributed by atoms with Gasteiger partial charge in [-0.3, -0.25) is 4.68 Å². The second-order valence-corrected chi connectivity index (χ2v) is 4.80. The molecular weight excluding hydrogens is 202 g/mol. The Kier molecular flexibility index (Phi) is 4.50. The maximum Gasteiger partial charge on any atom is 0.0973 e. The monoisotopic (exact) mass is 225 g/mol. The lowest BCUT2D eigenvalue weighted by atomic mass is 9.95. The third kappa shape index (κ3) is 3.06. The van der Waals surface area contributed by atoms with Crippen LogP contribution in [0.3, 0.4) is 0 Å². The molecule has 0 aromatic carbocycles. The van der Waals surface area contributed by atoms with Gasteiger partial charge in [-0.05, 0) is 18.8 Å². The number of nitrogens with two attached hydrogens (primary N) is 1. The van der Waals surface area contributed by atoms with Crippen molar-refractivity contribution in [3.05, 3.63) is 17.5 Å². The number of hydrogen-bond donors (Lipinski definition) is 2. The fraction of sp³-hybridized carbons (Fsp3) is 0.750. The van der Waals surface area contributed by atoms with Crippen LogP contribution >= 0.6 is 0 Å². The maximum atomic E-state index is 10.2. The van der Waals surface area contributed by atoms with Crippen LogP contribution in [0.25, 0.3) is 0 Å². The van der Waals surface area contributed by atoms with Crippen molar-refractivity contribution in [2.45, 2.75) is 45.8 Å². The summed E-state index contributed by atoms with van der Waals surface area (Å²) in [4.78, 5) is 0. The molecule has 4 heteroatoms. The smallest absolute Gasteiger partial charge is 0.0973 e. The summed E-state index contributed by atoms with van der Waals surface area (Å²) in [6.45, 7) is 6.25. The molecule has 0 aliphatic heterocycles. The molecule has 1 aromatic rings. The first-order chi connectivity index (χ1) is 7.45. The number of rotatable bonds is 5. The highest BCUT2D eigenvalue weighted by Gasteiger charge is 2.22. The molecule has 1 rings (SSSR count). The SMILES string of the molecule is CCc1nn(C)cc1C(O)C(N)CC(C)C. The van der Waals surface area contributed by atoms with Gasteiger partial charge in [-0.25, -0.2) is 0 Å². The van der Waals surface area contributed by atoms with Crippen LogP contribution in [0, 0.1) is 5.92 Å². The quantitative estimate of drug-likeness (QED) is 0.796. The minimum atomic E-state index is -0.606. The van der Waals surface area contributed by atoms with Crippen LogP contribution in [-0.2, 0) is 13.5 Å². The van der Waals surface area contributed by atoms with Crippen molar-refractivity contribution in [3.8, 4) is 0 Å². The molecule has 4 nitrogen and oxygen atoms in total. The molecular formula is C12H23N3O. The molecule has 1 heterocycles. The van der Waals surface area contributed by atoms with Gasteiger partial charge >= 0.3 is 0 Å². The molecule has 0 radical (unpaired) electrons. The molecule has 0 aliphatic carbocycles. The van der Waals surface area contributed by atoms with Gasteiger partial charge in [0.15, 0.2) is 0 Å². The molecule has 0 amide bonds. The standard InChI is InChI=1S/C12H23N3O/c1-5-11-9(7-15(4)14-11)12(16)10(13)6-8(2)3/h7-8,10,12,16H,5-6,13H2,1-4H3. The molecule has 0 aliphatic rings. The van der Waals surface area contributed by atoms with Crippen LogP contribution in [-0.4, -0.2) is 20.9 Å². The molecule has 3 N–H and O–H groups in total. The Morgan fingerprint density at radius 1 is 1.50 bits per heavy atom.